The number of sulfone groups is 1. The van der Waals surface area contributed by atoms with Crippen LogP contribution in [0.5, 0.6) is 0 Å². The van der Waals surface area contributed by atoms with Crippen molar-refractivity contribution in [2.75, 3.05) is 31.3 Å². The van der Waals surface area contributed by atoms with Gasteiger partial charge in [-0.1, -0.05) is 13.3 Å². The van der Waals surface area contributed by atoms with E-state index >= 15 is 0 Å². The first-order chi connectivity index (χ1) is 9.88. The summed E-state index contributed by atoms with van der Waals surface area (Å²) in [6, 6.07) is 5.70. The standard InChI is InChI=1S/C14H22N2O4S/c1-3-4-9-16(10-11-17)14(18)15-12-5-7-13(8-6-12)21(2,19)20/h5-8,17H,3-4,9-11H2,1-2H3,(H,15,18). The molecule has 0 unspecified atom stereocenters. The first kappa shape index (κ1) is 17.5. The topological polar surface area (TPSA) is 86.7 Å². The van der Waals surface area contributed by atoms with E-state index < -0.39 is 9.84 Å². The first-order valence-corrected chi connectivity index (χ1v) is 8.74. The summed E-state index contributed by atoms with van der Waals surface area (Å²) in [7, 11) is -3.24. The van der Waals surface area contributed by atoms with Crippen LogP contribution >= 0.6 is 0 Å². The second-order valence-electron chi connectivity index (χ2n) is 4.79. The zero-order valence-electron chi connectivity index (χ0n) is 12.4. The van der Waals surface area contributed by atoms with Gasteiger partial charge in [-0.3, -0.25) is 0 Å². The number of hydrogen-bond acceptors (Lipinski definition) is 4. The average Bonchev–Trinajstić information content (AvgIpc) is 2.43. The van der Waals surface area contributed by atoms with Crippen molar-refractivity contribution in [1.82, 2.24) is 4.90 Å². The van der Waals surface area contributed by atoms with Crippen molar-refractivity contribution >= 4 is 21.6 Å². The number of aliphatic hydroxyl groups is 1. The molecule has 1 aromatic rings. The third-order valence-electron chi connectivity index (χ3n) is 2.97. The summed E-state index contributed by atoms with van der Waals surface area (Å²) in [5, 5.41) is 11.7. The Morgan fingerprint density at radius 2 is 1.86 bits per heavy atom. The number of benzene rings is 1. The van der Waals surface area contributed by atoms with Crippen LogP contribution in [-0.4, -0.2) is 50.4 Å². The normalized spacial score (nSPS) is 11.2. The summed E-state index contributed by atoms with van der Waals surface area (Å²) in [5.74, 6) is 0. The molecule has 0 bridgehead atoms. The quantitative estimate of drug-likeness (QED) is 0.802. The van der Waals surface area contributed by atoms with Crippen molar-refractivity contribution in [2.45, 2.75) is 24.7 Å². The monoisotopic (exact) mass is 314 g/mol. The number of hydrogen-bond donors (Lipinski definition) is 2. The SMILES string of the molecule is CCCCN(CCO)C(=O)Nc1ccc(S(C)(=O)=O)cc1. The number of nitrogens with zero attached hydrogens (tertiary/aromatic N) is 1. The molecular weight excluding hydrogens is 292 g/mol. The van der Waals surface area contributed by atoms with E-state index in [9.17, 15) is 13.2 Å². The fourth-order valence-corrected chi connectivity index (χ4v) is 2.40. The lowest BCUT2D eigenvalue weighted by Crippen LogP contribution is -2.37. The number of carbonyl (C=O) groups excluding carboxylic acids is 1. The zero-order chi connectivity index (χ0) is 15.9. The summed E-state index contributed by atoms with van der Waals surface area (Å²) < 4.78 is 22.7. The molecule has 1 rings (SSSR count). The number of amides is 2. The van der Waals surface area contributed by atoms with Gasteiger partial charge < -0.3 is 15.3 Å². The molecule has 1 aromatic carbocycles. The molecule has 0 aromatic heterocycles. The number of anilines is 1. The van der Waals surface area contributed by atoms with Crippen LogP contribution in [0, 0.1) is 0 Å². The number of aliphatic hydroxyl groups excluding tert-OH is 1. The van der Waals surface area contributed by atoms with E-state index in [1.54, 1.807) is 12.1 Å². The highest BCUT2D eigenvalue weighted by Crippen LogP contribution is 2.14. The molecule has 7 heteroatoms. The van der Waals surface area contributed by atoms with Crippen molar-refractivity contribution < 1.29 is 18.3 Å². The van der Waals surface area contributed by atoms with Gasteiger partial charge in [-0.05, 0) is 30.7 Å². The number of urea groups is 1. The Bertz CT molecular complexity index is 555. The highest BCUT2D eigenvalue weighted by atomic mass is 32.2. The molecular formula is C14H22N2O4S. The van der Waals surface area contributed by atoms with Gasteiger partial charge in [0.05, 0.1) is 11.5 Å². The maximum atomic E-state index is 12.1. The molecule has 0 fully saturated rings. The number of rotatable bonds is 7. The van der Waals surface area contributed by atoms with Crippen LogP contribution in [0.3, 0.4) is 0 Å². The van der Waals surface area contributed by atoms with Gasteiger partial charge >= 0.3 is 6.03 Å². The smallest absolute Gasteiger partial charge is 0.321 e. The molecule has 0 heterocycles. The molecule has 118 valence electrons. The van der Waals surface area contributed by atoms with Gasteiger partial charge in [-0.25, -0.2) is 13.2 Å². The second kappa shape index (κ2) is 7.99. The van der Waals surface area contributed by atoms with E-state index in [1.807, 2.05) is 6.92 Å². The maximum absolute atomic E-state index is 12.1. The van der Waals surface area contributed by atoms with Gasteiger partial charge in [0.1, 0.15) is 0 Å². The van der Waals surface area contributed by atoms with Gasteiger partial charge in [0.25, 0.3) is 0 Å². The minimum Gasteiger partial charge on any atom is -0.395 e. The van der Waals surface area contributed by atoms with Crippen LogP contribution in [0.25, 0.3) is 0 Å². The zero-order valence-corrected chi connectivity index (χ0v) is 13.2. The van der Waals surface area contributed by atoms with Gasteiger partial charge in [0.2, 0.25) is 0 Å². The van der Waals surface area contributed by atoms with Crippen molar-refractivity contribution in [2.24, 2.45) is 0 Å². The Morgan fingerprint density at radius 3 is 2.33 bits per heavy atom. The summed E-state index contributed by atoms with van der Waals surface area (Å²) >= 11 is 0. The highest BCUT2D eigenvalue weighted by Gasteiger charge is 2.13. The van der Waals surface area contributed by atoms with Gasteiger partial charge in [0, 0.05) is 25.0 Å². The van der Waals surface area contributed by atoms with Crippen molar-refractivity contribution in [3.63, 3.8) is 0 Å². The Balaban J connectivity index is 2.72. The Morgan fingerprint density at radius 1 is 1.24 bits per heavy atom. The summed E-state index contributed by atoms with van der Waals surface area (Å²) in [5.41, 5.74) is 0.520. The Hall–Kier alpha value is -1.60. The molecule has 0 spiro atoms. The van der Waals surface area contributed by atoms with Crippen molar-refractivity contribution in [3.8, 4) is 0 Å². The second-order valence-corrected chi connectivity index (χ2v) is 6.81. The molecule has 0 saturated heterocycles. The first-order valence-electron chi connectivity index (χ1n) is 6.85. The minimum absolute atomic E-state index is 0.0931. The lowest BCUT2D eigenvalue weighted by atomic mass is 10.3. The minimum atomic E-state index is -3.24. The largest absolute Gasteiger partial charge is 0.395 e. The molecule has 0 radical (unpaired) electrons. The maximum Gasteiger partial charge on any atom is 0.321 e. The average molecular weight is 314 g/mol. The van der Waals surface area contributed by atoms with E-state index in [1.165, 1.54) is 17.0 Å². The number of unbranched alkanes of at least 4 members (excludes halogenated alkanes) is 1. The summed E-state index contributed by atoms with van der Waals surface area (Å²) in [4.78, 5) is 13.8. The lowest BCUT2D eigenvalue weighted by Gasteiger charge is -2.22. The molecule has 6 nitrogen and oxygen atoms in total. The molecule has 0 aliphatic rings. The van der Waals surface area contributed by atoms with Gasteiger partial charge in [-0.2, -0.15) is 0 Å². The predicted octanol–water partition coefficient (Wildman–Crippen LogP) is 1.72. The van der Waals surface area contributed by atoms with E-state index in [0.717, 1.165) is 19.1 Å². The number of carbonyl (C=O) groups is 1. The fraction of sp³-hybridized carbons (Fsp3) is 0.500. The third kappa shape index (κ3) is 5.73. The van der Waals surface area contributed by atoms with Crippen molar-refractivity contribution in [1.29, 1.82) is 0 Å². The Kier molecular flexibility index (Phi) is 6.64. The molecule has 0 atom stereocenters. The molecule has 21 heavy (non-hydrogen) atoms. The molecule has 2 N–H and O–H groups in total. The van der Waals surface area contributed by atoms with E-state index in [-0.39, 0.29) is 24.1 Å². The molecule has 0 aliphatic heterocycles. The van der Waals surface area contributed by atoms with Crippen LogP contribution < -0.4 is 5.32 Å². The summed E-state index contributed by atoms with van der Waals surface area (Å²) in [6.07, 6.45) is 2.95. The summed E-state index contributed by atoms with van der Waals surface area (Å²) in [6.45, 7) is 2.78. The molecule has 0 aliphatic carbocycles. The Labute approximate surface area is 125 Å². The van der Waals surface area contributed by atoms with Crippen LogP contribution in [0.15, 0.2) is 29.2 Å². The van der Waals surface area contributed by atoms with Crippen LogP contribution in [0.2, 0.25) is 0 Å². The molecule has 0 saturated carbocycles. The van der Waals surface area contributed by atoms with Crippen LogP contribution in [0.1, 0.15) is 19.8 Å². The van der Waals surface area contributed by atoms with Gasteiger partial charge in [0.15, 0.2) is 9.84 Å². The highest BCUT2D eigenvalue weighted by molar-refractivity contribution is 7.90. The van der Waals surface area contributed by atoms with Crippen LogP contribution in [-0.2, 0) is 9.84 Å². The third-order valence-corrected chi connectivity index (χ3v) is 4.10. The fourth-order valence-electron chi connectivity index (χ4n) is 1.77. The van der Waals surface area contributed by atoms with E-state index in [0.29, 0.717) is 12.2 Å². The molecule has 2 amide bonds. The predicted molar refractivity (Wildman–Crippen MR) is 82.1 cm³/mol. The van der Waals surface area contributed by atoms with Crippen molar-refractivity contribution in [3.05, 3.63) is 24.3 Å². The van der Waals surface area contributed by atoms with Gasteiger partial charge in [-0.15, -0.1) is 0 Å². The van der Waals surface area contributed by atoms with Crippen LogP contribution in [0.4, 0.5) is 10.5 Å². The number of nitrogens with one attached hydrogen (secondary N) is 1. The van der Waals surface area contributed by atoms with E-state index in [4.69, 9.17) is 5.11 Å². The lowest BCUT2D eigenvalue weighted by molar-refractivity contribution is 0.187. The van der Waals surface area contributed by atoms with E-state index in [2.05, 4.69) is 5.32 Å².